The van der Waals surface area contributed by atoms with Crippen LogP contribution in [-0.2, 0) is 0 Å². The van der Waals surface area contributed by atoms with Crippen molar-refractivity contribution in [2.75, 3.05) is 6.54 Å². The summed E-state index contributed by atoms with van der Waals surface area (Å²) in [7, 11) is 0. The molecule has 0 saturated carbocycles. The first-order valence-corrected chi connectivity index (χ1v) is 4.46. The highest BCUT2D eigenvalue weighted by Gasteiger charge is 2.26. The summed E-state index contributed by atoms with van der Waals surface area (Å²) in [6, 6.07) is 0. The number of aliphatic hydroxyl groups excluding tert-OH is 1. The van der Waals surface area contributed by atoms with Crippen LogP contribution in [0, 0.1) is 11.3 Å². The number of hydrogen-bond donors (Lipinski definition) is 3. The Kier molecular flexibility index (Phi) is 4.75. The minimum absolute atomic E-state index is 0.137. The summed E-state index contributed by atoms with van der Waals surface area (Å²) in [5, 5.41) is 17.7. The molecule has 0 aliphatic rings. The second-order valence-electron chi connectivity index (χ2n) is 4.30. The van der Waals surface area contributed by atoms with Gasteiger partial charge in [-0.1, -0.05) is 20.8 Å². The lowest BCUT2D eigenvalue weighted by molar-refractivity contribution is -0.0716. The Bertz CT molecular complexity index is 114. The highest BCUT2D eigenvalue weighted by molar-refractivity contribution is 4.77. The first kappa shape index (κ1) is 11.9. The third-order valence-corrected chi connectivity index (χ3v) is 2.07. The van der Waals surface area contributed by atoms with Crippen LogP contribution in [0.3, 0.4) is 0 Å². The predicted molar refractivity (Wildman–Crippen MR) is 49.5 cm³/mol. The molecule has 0 bridgehead atoms. The summed E-state index contributed by atoms with van der Waals surface area (Å²) in [5.41, 5.74) is 5.44. The molecule has 0 rings (SSSR count). The lowest BCUT2D eigenvalue weighted by Gasteiger charge is -2.30. The molecule has 3 nitrogen and oxygen atoms in total. The molecule has 12 heavy (non-hydrogen) atoms. The molecule has 0 fully saturated rings. The summed E-state index contributed by atoms with van der Waals surface area (Å²) in [6.07, 6.45) is 0.0558. The van der Waals surface area contributed by atoms with Gasteiger partial charge in [0.25, 0.3) is 0 Å². The van der Waals surface area contributed by atoms with E-state index >= 15 is 0 Å². The fraction of sp³-hybridized carbons (Fsp3) is 1.00. The fourth-order valence-electron chi connectivity index (χ4n) is 1.68. The Morgan fingerprint density at radius 1 is 1.25 bits per heavy atom. The van der Waals surface area contributed by atoms with Gasteiger partial charge < -0.3 is 15.9 Å². The SMILES string of the molecule is CC(C)CC(C)(CN)CC(O)O. The molecule has 0 amide bonds. The Morgan fingerprint density at radius 3 is 2.00 bits per heavy atom. The molecule has 0 aromatic heterocycles. The smallest absolute Gasteiger partial charge is 0.152 e. The van der Waals surface area contributed by atoms with Gasteiger partial charge in [0, 0.05) is 6.42 Å². The summed E-state index contributed by atoms with van der Waals surface area (Å²) in [5.74, 6) is 0.539. The van der Waals surface area contributed by atoms with Crippen molar-refractivity contribution >= 4 is 0 Å². The van der Waals surface area contributed by atoms with Crippen LogP contribution in [-0.4, -0.2) is 23.0 Å². The second kappa shape index (κ2) is 4.80. The molecule has 1 unspecified atom stereocenters. The zero-order valence-electron chi connectivity index (χ0n) is 8.25. The topological polar surface area (TPSA) is 66.5 Å². The van der Waals surface area contributed by atoms with Gasteiger partial charge in [-0.2, -0.15) is 0 Å². The Morgan fingerprint density at radius 2 is 1.75 bits per heavy atom. The zero-order chi connectivity index (χ0) is 9.78. The molecular weight excluding hydrogens is 154 g/mol. The van der Waals surface area contributed by atoms with Crippen LogP contribution >= 0.6 is 0 Å². The Balaban J connectivity index is 4.04. The van der Waals surface area contributed by atoms with Crippen molar-refractivity contribution in [2.24, 2.45) is 17.1 Å². The molecule has 1 atom stereocenters. The third-order valence-electron chi connectivity index (χ3n) is 2.07. The minimum Gasteiger partial charge on any atom is -0.368 e. The zero-order valence-corrected chi connectivity index (χ0v) is 8.25. The molecule has 0 aromatic carbocycles. The Labute approximate surface area is 74.6 Å². The van der Waals surface area contributed by atoms with E-state index in [2.05, 4.69) is 13.8 Å². The molecule has 0 aromatic rings. The van der Waals surface area contributed by atoms with E-state index in [1.165, 1.54) is 0 Å². The van der Waals surface area contributed by atoms with E-state index in [1.807, 2.05) is 6.92 Å². The largest absolute Gasteiger partial charge is 0.368 e. The van der Waals surface area contributed by atoms with Crippen molar-refractivity contribution in [3.05, 3.63) is 0 Å². The molecule has 0 aliphatic heterocycles. The van der Waals surface area contributed by atoms with Crippen molar-refractivity contribution < 1.29 is 10.2 Å². The van der Waals surface area contributed by atoms with Crippen LogP contribution in [0.15, 0.2) is 0 Å². The lowest BCUT2D eigenvalue weighted by atomic mass is 9.79. The van der Waals surface area contributed by atoms with Gasteiger partial charge in [-0.3, -0.25) is 0 Å². The van der Waals surface area contributed by atoms with Crippen LogP contribution < -0.4 is 5.73 Å². The van der Waals surface area contributed by atoms with Crippen LogP contribution in [0.1, 0.15) is 33.6 Å². The standard InChI is InChI=1S/C9H21NO2/c1-7(2)4-9(3,6-10)5-8(11)12/h7-8,11-12H,4-6,10H2,1-3H3. The molecule has 0 aliphatic carbocycles. The van der Waals surface area contributed by atoms with Crippen LogP contribution in [0.25, 0.3) is 0 Å². The predicted octanol–water partition coefficient (Wildman–Crippen LogP) is 0.698. The van der Waals surface area contributed by atoms with E-state index in [4.69, 9.17) is 15.9 Å². The van der Waals surface area contributed by atoms with E-state index in [-0.39, 0.29) is 5.41 Å². The summed E-state index contributed by atoms with van der Waals surface area (Å²) >= 11 is 0. The maximum Gasteiger partial charge on any atom is 0.152 e. The lowest BCUT2D eigenvalue weighted by Crippen LogP contribution is -2.32. The summed E-state index contributed by atoms with van der Waals surface area (Å²) in [4.78, 5) is 0. The molecule has 3 heteroatoms. The third kappa shape index (κ3) is 4.70. The maximum absolute atomic E-state index is 8.83. The van der Waals surface area contributed by atoms with Crippen LogP contribution in [0.5, 0.6) is 0 Å². The van der Waals surface area contributed by atoms with Crippen LogP contribution in [0.2, 0.25) is 0 Å². The highest BCUT2D eigenvalue weighted by Crippen LogP contribution is 2.29. The number of rotatable bonds is 5. The molecule has 74 valence electrons. The first-order chi connectivity index (χ1) is 5.39. The molecule has 0 heterocycles. The van der Waals surface area contributed by atoms with Crippen molar-refractivity contribution in [1.82, 2.24) is 0 Å². The van der Waals surface area contributed by atoms with E-state index < -0.39 is 6.29 Å². The summed E-state index contributed by atoms with van der Waals surface area (Å²) in [6.45, 7) is 6.71. The molecular formula is C9H21NO2. The fourth-order valence-corrected chi connectivity index (χ4v) is 1.68. The van der Waals surface area contributed by atoms with E-state index in [0.717, 1.165) is 6.42 Å². The second-order valence-corrected chi connectivity index (χ2v) is 4.30. The number of aliphatic hydroxyl groups is 2. The number of hydrogen-bond acceptors (Lipinski definition) is 3. The van der Waals surface area contributed by atoms with E-state index in [1.54, 1.807) is 0 Å². The van der Waals surface area contributed by atoms with Gasteiger partial charge in [-0.15, -0.1) is 0 Å². The van der Waals surface area contributed by atoms with Gasteiger partial charge in [0.15, 0.2) is 6.29 Å². The number of nitrogens with two attached hydrogens (primary N) is 1. The van der Waals surface area contributed by atoms with Crippen molar-refractivity contribution in [2.45, 2.75) is 39.9 Å². The van der Waals surface area contributed by atoms with Gasteiger partial charge in [-0.25, -0.2) is 0 Å². The van der Waals surface area contributed by atoms with E-state index in [9.17, 15) is 0 Å². The first-order valence-electron chi connectivity index (χ1n) is 4.46. The van der Waals surface area contributed by atoms with Gasteiger partial charge in [0.1, 0.15) is 0 Å². The monoisotopic (exact) mass is 175 g/mol. The quantitative estimate of drug-likeness (QED) is 0.539. The van der Waals surface area contributed by atoms with E-state index in [0.29, 0.717) is 18.9 Å². The minimum atomic E-state index is -1.24. The molecule has 4 N–H and O–H groups in total. The highest BCUT2D eigenvalue weighted by atomic mass is 16.5. The molecule has 0 radical (unpaired) electrons. The molecule has 0 saturated heterocycles. The maximum atomic E-state index is 8.83. The normalized spacial score (nSPS) is 17.0. The van der Waals surface area contributed by atoms with Gasteiger partial charge in [0.05, 0.1) is 0 Å². The Hall–Kier alpha value is -0.120. The van der Waals surface area contributed by atoms with Gasteiger partial charge in [0.2, 0.25) is 0 Å². The summed E-state index contributed by atoms with van der Waals surface area (Å²) < 4.78 is 0. The van der Waals surface area contributed by atoms with Crippen molar-refractivity contribution in [3.8, 4) is 0 Å². The average Bonchev–Trinajstić information content (AvgIpc) is 1.83. The molecule has 0 spiro atoms. The van der Waals surface area contributed by atoms with Gasteiger partial charge in [-0.05, 0) is 24.3 Å². The average molecular weight is 175 g/mol. The van der Waals surface area contributed by atoms with Crippen LogP contribution in [0.4, 0.5) is 0 Å². The van der Waals surface area contributed by atoms with Gasteiger partial charge >= 0.3 is 0 Å². The van der Waals surface area contributed by atoms with Crippen molar-refractivity contribution in [1.29, 1.82) is 0 Å². The van der Waals surface area contributed by atoms with Crippen molar-refractivity contribution in [3.63, 3.8) is 0 Å².